The van der Waals surface area contributed by atoms with Gasteiger partial charge in [-0.25, -0.2) is 0 Å². The van der Waals surface area contributed by atoms with Crippen LogP contribution in [-0.4, -0.2) is 24.4 Å². The highest BCUT2D eigenvalue weighted by atomic mass is 16.2. The van der Waals surface area contributed by atoms with Crippen LogP contribution in [0.2, 0.25) is 0 Å². The Labute approximate surface area is 140 Å². The van der Waals surface area contributed by atoms with Gasteiger partial charge in [0.1, 0.15) is 12.6 Å². The number of nitrogens with zero attached hydrogens (tertiary/aromatic N) is 4. The van der Waals surface area contributed by atoms with E-state index in [2.05, 4.69) is 20.7 Å². The van der Waals surface area contributed by atoms with Crippen LogP contribution in [0.1, 0.15) is 42.1 Å². The van der Waals surface area contributed by atoms with Gasteiger partial charge in [-0.1, -0.05) is 37.0 Å². The minimum absolute atomic E-state index is 0.0918. The molecule has 1 aromatic rings. The van der Waals surface area contributed by atoms with Gasteiger partial charge < -0.3 is 10.6 Å². The highest BCUT2D eigenvalue weighted by Gasteiger charge is 2.20. The molecular formula is C16H20N6O2. The van der Waals surface area contributed by atoms with Crippen molar-refractivity contribution < 1.29 is 9.59 Å². The quantitative estimate of drug-likeness (QED) is 0.312. The molecule has 0 fully saturated rings. The molecule has 2 amide bonds. The van der Waals surface area contributed by atoms with Crippen molar-refractivity contribution in [3.05, 3.63) is 45.8 Å². The molecule has 0 saturated heterocycles. The van der Waals surface area contributed by atoms with Crippen molar-refractivity contribution >= 4 is 11.8 Å². The van der Waals surface area contributed by atoms with E-state index >= 15 is 0 Å². The van der Waals surface area contributed by atoms with Crippen LogP contribution in [0, 0.1) is 11.3 Å². The van der Waals surface area contributed by atoms with Crippen LogP contribution >= 0.6 is 0 Å². The molecule has 0 saturated carbocycles. The fourth-order valence-electron chi connectivity index (χ4n) is 2.04. The smallest absolute Gasteiger partial charge is 0.251 e. The molecule has 0 heterocycles. The average Bonchev–Trinajstić information content (AvgIpc) is 2.61. The first kappa shape index (κ1) is 19.0. The molecule has 0 aromatic heterocycles. The van der Waals surface area contributed by atoms with Crippen molar-refractivity contribution in [3.8, 4) is 6.07 Å². The van der Waals surface area contributed by atoms with Crippen LogP contribution in [0.25, 0.3) is 10.4 Å². The third-order valence-corrected chi connectivity index (χ3v) is 3.34. The molecule has 0 aliphatic heterocycles. The van der Waals surface area contributed by atoms with Gasteiger partial charge in [0.05, 0.1) is 12.6 Å². The lowest BCUT2D eigenvalue weighted by Crippen LogP contribution is -2.46. The number of benzene rings is 1. The van der Waals surface area contributed by atoms with Gasteiger partial charge in [0.15, 0.2) is 0 Å². The first-order valence-electron chi connectivity index (χ1n) is 7.67. The number of rotatable bonds is 9. The molecule has 1 atom stereocenters. The van der Waals surface area contributed by atoms with Gasteiger partial charge in [-0.3, -0.25) is 9.59 Å². The largest absolute Gasteiger partial charge is 0.341 e. The normalized spacial score (nSPS) is 10.8. The number of unbranched alkanes of at least 4 members (excludes halogenated alkanes) is 1. The second-order valence-corrected chi connectivity index (χ2v) is 5.13. The molecule has 2 N–H and O–H groups in total. The minimum atomic E-state index is -0.673. The first-order chi connectivity index (χ1) is 11.6. The Kier molecular flexibility index (Phi) is 8.43. The lowest BCUT2D eigenvalue weighted by molar-refractivity contribution is -0.122. The lowest BCUT2D eigenvalue weighted by Gasteiger charge is -2.17. The zero-order chi connectivity index (χ0) is 17.8. The van der Waals surface area contributed by atoms with E-state index in [9.17, 15) is 9.59 Å². The number of nitriles is 1. The van der Waals surface area contributed by atoms with Crippen LogP contribution in [0.15, 0.2) is 29.4 Å². The Hall–Kier alpha value is -3.04. The fourth-order valence-corrected chi connectivity index (χ4v) is 2.04. The van der Waals surface area contributed by atoms with Crippen molar-refractivity contribution in [2.75, 3.05) is 6.54 Å². The first-order valence-corrected chi connectivity index (χ1v) is 7.67. The molecule has 24 heavy (non-hydrogen) atoms. The minimum Gasteiger partial charge on any atom is -0.341 e. The number of hydrogen-bond donors (Lipinski definition) is 2. The molecule has 126 valence electrons. The zero-order valence-corrected chi connectivity index (χ0v) is 13.5. The summed E-state index contributed by atoms with van der Waals surface area (Å²) in [5, 5.41) is 17.2. The van der Waals surface area contributed by atoms with E-state index in [1.807, 2.05) is 13.0 Å². The number of nitrogens with one attached hydrogen (secondary N) is 2. The van der Waals surface area contributed by atoms with Crippen molar-refractivity contribution in [2.24, 2.45) is 5.11 Å². The van der Waals surface area contributed by atoms with Gasteiger partial charge in [-0.15, -0.1) is 0 Å². The molecule has 8 nitrogen and oxygen atoms in total. The van der Waals surface area contributed by atoms with Gasteiger partial charge in [-0.05, 0) is 29.6 Å². The van der Waals surface area contributed by atoms with E-state index in [1.165, 1.54) is 0 Å². The second-order valence-electron chi connectivity index (χ2n) is 5.13. The summed E-state index contributed by atoms with van der Waals surface area (Å²) in [6.07, 6.45) is 2.19. The van der Waals surface area contributed by atoms with Crippen LogP contribution in [-0.2, 0) is 11.3 Å². The van der Waals surface area contributed by atoms with Crippen LogP contribution in [0.4, 0.5) is 0 Å². The number of amides is 2. The van der Waals surface area contributed by atoms with Crippen molar-refractivity contribution in [1.82, 2.24) is 10.6 Å². The maximum Gasteiger partial charge on any atom is 0.251 e. The molecule has 0 aliphatic rings. The van der Waals surface area contributed by atoms with E-state index in [0.717, 1.165) is 18.4 Å². The van der Waals surface area contributed by atoms with E-state index in [4.69, 9.17) is 10.8 Å². The van der Waals surface area contributed by atoms with E-state index < -0.39 is 6.04 Å². The Morgan fingerprint density at radius 2 is 2.08 bits per heavy atom. The zero-order valence-electron chi connectivity index (χ0n) is 13.5. The number of carbonyl (C=O) groups is 2. The monoisotopic (exact) mass is 328 g/mol. The summed E-state index contributed by atoms with van der Waals surface area (Å²) in [5.74, 6) is -0.725. The Morgan fingerprint density at radius 3 is 2.67 bits per heavy atom. The number of carbonyl (C=O) groups excluding carboxylic acids is 2. The Bertz CT molecular complexity index is 644. The van der Waals surface area contributed by atoms with Gasteiger partial charge >= 0.3 is 0 Å². The van der Waals surface area contributed by atoms with E-state index in [1.54, 1.807) is 24.3 Å². The summed E-state index contributed by atoms with van der Waals surface area (Å²) in [7, 11) is 0. The molecule has 1 aromatic carbocycles. The number of hydrogen-bond acceptors (Lipinski definition) is 4. The highest BCUT2D eigenvalue weighted by molar-refractivity contribution is 5.97. The van der Waals surface area contributed by atoms with E-state index in [-0.39, 0.29) is 24.9 Å². The molecular weight excluding hydrogens is 308 g/mol. The molecule has 0 radical (unpaired) electrons. The molecule has 0 unspecified atom stereocenters. The van der Waals surface area contributed by atoms with Gasteiger partial charge in [0.25, 0.3) is 5.91 Å². The third-order valence-electron chi connectivity index (χ3n) is 3.34. The van der Waals surface area contributed by atoms with Gasteiger partial charge in [-0.2, -0.15) is 5.26 Å². The Morgan fingerprint density at radius 1 is 1.38 bits per heavy atom. The predicted molar refractivity (Wildman–Crippen MR) is 88.7 cm³/mol. The second kappa shape index (κ2) is 10.6. The van der Waals surface area contributed by atoms with Crippen LogP contribution < -0.4 is 10.6 Å². The molecule has 0 aliphatic carbocycles. The Balaban J connectivity index is 2.73. The molecule has 1 rings (SSSR count). The lowest BCUT2D eigenvalue weighted by atomic mass is 10.1. The van der Waals surface area contributed by atoms with Crippen LogP contribution in [0.5, 0.6) is 0 Å². The van der Waals surface area contributed by atoms with Crippen molar-refractivity contribution in [1.29, 1.82) is 5.26 Å². The summed E-state index contributed by atoms with van der Waals surface area (Å²) in [6, 6.07) is 7.78. The van der Waals surface area contributed by atoms with Gasteiger partial charge in [0, 0.05) is 10.5 Å². The van der Waals surface area contributed by atoms with Gasteiger partial charge in [0.2, 0.25) is 5.91 Å². The van der Waals surface area contributed by atoms with Crippen molar-refractivity contribution in [2.45, 2.75) is 38.8 Å². The van der Waals surface area contributed by atoms with E-state index in [0.29, 0.717) is 12.0 Å². The fraction of sp³-hybridized carbons (Fsp3) is 0.438. The predicted octanol–water partition coefficient (Wildman–Crippen LogP) is 2.43. The summed E-state index contributed by atoms with van der Waals surface area (Å²) in [6.45, 7) is 2.12. The summed E-state index contributed by atoms with van der Waals surface area (Å²) in [4.78, 5) is 27.0. The highest BCUT2D eigenvalue weighted by Crippen LogP contribution is 2.08. The molecule has 0 spiro atoms. The van der Waals surface area contributed by atoms with Crippen LogP contribution in [0.3, 0.4) is 0 Å². The average molecular weight is 328 g/mol. The SMILES string of the molecule is CCCC[C@H](NC(=O)c1ccc(CN=[N+]=[N-])cc1)C(=O)NCC#N. The topological polar surface area (TPSA) is 131 Å². The van der Waals surface area contributed by atoms with Crippen molar-refractivity contribution in [3.63, 3.8) is 0 Å². The maximum absolute atomic E-state index is 12.3. The number of azide groups is 1. The molecule has 8 heteroatoms. The summed E-state index contributed by atoms with van der Waals surface area (Å²) >= 11 is 0. The maximum atomic E-state index is 12.3. The summed E-state index contributed by atoms with van der Waals surface area (Å²) in [5.41, 5.74) is 9.49. The standard InChI is InChI=1S/C16H20N6O2/c1-2-3-4-14(16(24)19-10-9-17)21-15(23)13-7-5-12(6-8-13)11-20-22-18/h5-8,14H,2-4,10-11H2,1H3,(H,19,24)(H,21,23)/t14-/m0/s1. The summed E-state index contributed by atoms with van der Waals surface area (Å²) < 4.78 is 0. The molecule has 0 bridgehead atoms. The third kappa shape index (κ3) is 6.38.